The van der Waals surface area contributed by atoms with Crippen molar-refractivity contribution < 1.29 is 19.1 Å². The number of hydrogen-bond acceptors (Lipinski definition) is 8. The predicted octanol–water partition coefficient (Wildman–Crippen LogP) is 3.79. The van der Waals surface area contributed by atoms with Gasteiger partial charge in [0, 0.05) is 19.0 Å². The predicted molar refractivity (Wildman–Crippen MR) is 154 cm³/mol. The molecule has 0 spiro atoms. The number of nitrogens with one attached hydrogen (secondary N) is 1. The van der Waals surface area contributed by atoms with Gasteiger partial charge in [-0.05, 0) is 68.5 Å². The highest BCUT2D eigenvalue weighted by atomic mass is 32.1. The summed E-state index contributed by atoms with van der Waals surface area (Å²) in [6.07, 6.45) is 4.14. The fourth-order valence-electron chi connectivity index (χ4n) is 5.95. The van der Waals surface area contributed by atoms with Crippen molar-refractivity contribution in [3.63, 3.8) is 0 Å². The van der Waals surface area contributed by atoms with Crippen molar-refractivity contribution in [3.8, 4) is 5.88 Å². The Labute approximate surface area is 237 Å². The van der Waals surface area contributed by atoms with Crippen LogP contribution in [-0.4, -0.2) is 71.3 Å². The molecule has 0 bridgehead atoms. The third-order valence-corrected chi connectivity index (χ3v) is 9.25. The summed E-state index contributed by atoms with van der Waals surface area (Å²) >= 11 is 1.76. The van der Waals surface area contributed by atoms with Crippen LogP contribution in [0.1, 0.15) is 66.0 Å². The molecule has 11 heteroatoms. The average molecular weight is 565 g/mol. The zero-order valence-corrected chi connectivity index (χ0v) is 24.2. The van der Waals surface area contributed by atoms with Crippen LogP contribution < -0.4 is 15.8 Å². The first-order valence-electron chi connectivity index (χ1n) is 13.7. The second-order valence-corrected chi connectivity index (χ2v) is 12.2. The van der Waals surface area contributed by atoms with Gasteiger partial charge in [0.05, 0.1) is 40.3 Å². The highest BCUT2D eigenvalue weighted by molar-refractivity contribution is 7.18. The van der Waals surface area contributed by atoms with Gasteiger partial charge in [0.1, 0.15) is 5.56 Å². The maximum Gasteiger partial charge on any atom is 0.313 e. The molecule has 1 aromatic carbocycles. The van der Waals surface area contributed by atoms with Crippen LogP contribution in [0.15, 0.2) is 30.5 Å². The van der Waals surface area contributed by atoms with Crippen molar-refractivity contribution in [2.24, 2.45) is 17.6 Å². The Morgan fingerprint density at radius 1 is 1.12 bits per heavy atom. The van der Waals surface area contributed by atoms with Gasteiger partial charge in [-0.2, -0.15) is 0 Å². The van der Waals surface area contributed by atoms with Crippen molar-refractivity contribution in [1.82, 2.24) is 19.8 Å². The van der Waals surface area contributed by atoms with Gasteiger partial charge in [-0.1, -0.05) is 19.9 Å². The summed E-state index contributed by atoms with van der Waals surface area (Å²) < 4.78 is 6.19. The molecular weight excluding hydrogens is 528 g/mol. The molecule has 4 atom stereocenters. The lowest BCUT2D eigenvalue weighted by atomic mass is 9.87. The number of nitrogens with two attached hydrogens (primary N) is 1. The van der Waals surface area contributed by atoms with Crippen LogP contribution in [0.3, 0.4) is 0 Å². The molecule has 0 radical (unpaired) electrons. The van der Waals surface area contributed by atoms with Crippen LogP contribution in [0.4, 0.5) is 5.69 Å². The molecule has 5 rings (SSSR count). The molecule has 0 aliphatic carbocycles. The molecular formula is C29H36N6O4S. The van der Waals surface area contributed by atoms with Crippen molar-refractivity contribution in [2.45, 2.75) is 45.1 Å². The molecule has 2 aliphatic heterocycles. The topological polar surface area (TPSA) is 131 Å². The lowest BCUT2D eigenvalue weighted by Gasteiger charge is -2.38. The smallest absolute Gasteiger partial charge is 0.313 e. The molecule has 3 N–H and O–H groups in total. The number of methoxy groups -OCH3 is 1. The minimum Gasteiger partial charge on any atom is -0.480 e. The summed E-state index contributed by atoms with van der Waals surface area (Å²) in [5.74, 6) is -0.864. The highest BCUT2D eigenvalue weighted by Crippen LogP contribution is 2.39. The minimum atomic E-state index is -0.797. The van der Waals surface area contributed by atoms with Gasteiger partial charge in [-0.3, -0.25) is 14.4 Å². The molecule has 10 nitrogen and oxygen atoms in total. The van der Waals surface area contributed by atoms with Crippen molar-refractivity contribution >= 4 is 45.0 Å². The SMILES string of the molecule is COc1ncc(NC(=O)C(=O)N2C[C@@H](C)CC[C@@H]2c2ccc3sc([C@H]4CCN(C)C[C@H]4C)nc3c2)cc1C(N)=O. The second kappa shape index (κ2) is 11.5. The van der Waals surface area contributed by atoms with Crippen LogP contribution in [-0.2, 0) is 9.59 Å². The first-order valence-corrected chi connectivity index (χ1v) is 14.5. The lowest BCUT2D eigenvalue weighted by Crippen LogP contribution is -2.46. The van der Waals surface area contributed by atoms with Crippen LogP contribution in [0, 0.1) is 11.8 Å². The third kappa shape index (κ3) is 5.66. The highest BCUT2D eigenvalue weighted by Gasteiger charge is 2.35. The number of likely N-dealkylation sites (tertiary alicyclic amines) is 2. The number of pyridine rings is 1. The van der Waals surface area contributed by atoms with Crippen molar-refractivity contribution in [1.29, 1.82) is 0 Å². The van der Waals surface area contributed by atoms with E-state index in [1.54, 1.807) is 16.2 Å². The molecule has 2 saturated heterocycles. The van der Waals surface area contributed by atoms with Crippen LogP contribution in [0.5, 0.6) is 5.88 Å². The fraction of sp³-hybridized carbons (Fsp3) is 0.483. The van der Waals surface area contributed by atoms with Gasteiger partial charge in [0.25, 0.3) is 5.91 Å². The Balaban J connectivity index is 1.37. The van der Waals surface area contributed by atoms with E-state index in [1.807, 2.05) is 0 Å². The number of hydrogen-bond donors (Lipinski definition) is 2. The van der Waals surface area contributed by atoms with E-state index in [9.17, 15) is 14.4 Å². The van der Waals surface area contributed by atoms with Gasteiger partial charge >= 0.3 is 11.8 Å². The van der Waals surface area contributed by atoms with E-state index < -0.39 is 17.7 Å². The Morgan fingerprint density at radius 3 is 2.65 bits per heavy atom. The molecule has 3 amide bonds. The Bertz CT molecular complexity index is 1440. The van der Waals surface area contributed by atoms with Gasteiger partial charge in [0.2, 0.25) is 5.88 Å². The Hall–Kier alpha value is -3.57. The number of carbonyl (C=O) groups is 3. The molecule has 2 aliphatic rings. The maximum atomic E-state index is 13.5. The minimum absolute atomic E-state index is 0.0165. The number of amides is 3. The number of thiazole rings is 1. The van der Waals surface area contributed by atoms with E-state index >= 15 is 0 Å². The molecule has 2 aromatic heterocycles. The number of anilines is 1. The standard InChI is InChI=1S/C29H36N6O4S/c1-16-5-7-23(18-6-8-24-22(11-18)33-28(40-24)20-9-10-34(3)15-17(20)2)35(14-16)29(38)26(37)32-19-12-21(25(30)36)27(39-4)31-13-19/h6,8,11-13,16-17,20,23H,5,7,9-10,14-15H2,1-4H3,(H2,30,36)(H,32,37)/t16-,17+,20-,23+/m0/s1. The van der Waals surface area contributed by atoms with Crippen LogP contribution in [0.25, 0.3) is 10.2 Å². The van der Waals surface area contributed by atoms with E-state index in [2.05, 4.69) is 54.3 Å². The summed E-state index contributed by atoms with van der Waals surface area (Å²) in [6, 6.07) is 7.37. The number of nitrogens with zero attached hydrogens (tertiary/aromatic N) is 4. The van der Waals surface area contributed by atoms with Crippen LogP contribution in [0.2, 0.25) is 0 Å². The quantitative estimate of drug-likeness (QED) is 0.451. The van der Waals surface area contributed by atoms with E-state index in [0.717, 1.165) is 48.1 Å². The largest absolute Gasteiger partial charge is 0.480 e. The first-order chi connectivity index (χ1) is 19.1. The molecule has 2 fully saturated rings. The zero-order valence-electron chi connectivity index (χ0n) is 23.3. The van der Waals surface area contributed by atoms with Crippen molar-refractivity contribution in [3.05, 3.63) is 46.6 Å². The second-order valence-electron chi connectivity index (χ2n) is 11.2. The summed E-state index contributed by atoms with van der Waals surface area (Å²) in [6.45, 7) is 7.00. The number of aromatic nitrogens is 2. The number of ether oxygens (including phenoxy) is 1. The monoisotopic (exact) mass is 564 g/mol. The molecule has 212 valence electrons. The number of fused-ring (bicyclic) bond motifs is 1. The van der Waals surface area contributed by atoms with Gasteiger partial charge in [0.15, 0.2) is 0 Å². The molecule has 40 heavy (non-hydrogen) atoms. The third-order valence-electron chi connectivity index (χ3n) is 8.08. The Kier molecular flexibility index (Phi) is 8.04. The van der Waals surface area contributed by atoms with Crippen LogP contribution >= 0.6 is 11.3 Å². The van der Waals surface area contributed by atoms with E-state index in [-0.39, 0.29) is 29.1 Å². The summed E-state index contributed by atoms with van der Waals surface area (Å²) in [5, 5.41) is 3.76. The van der Waals surface area contributed by atoms with Gasteiger partial charge in [-0.25, -0.2) is 9.97 Å². The maximum absolute atomic E-state index is 13.5. The number of carbonyl (C=O) groups excluding carboxylic acids is 3. The zero-order chi connectivity index (χ0) is 28.6. The number of piperidine rings is 2. The first kappa shape index (κ1) is 28.0. The molecule has 0 unspecified atom stereocenters. The average Bonchev–Trinajstić information content (AvgIpc) is 3.35. The summed E-state index contributed by atoms with van der Waals surface area (Å²) in [4.78, 5) is 51.4. The van der Waals surface area contributed by atoms with E-state index in [1.165, 1.54) is 24.4 Å². The summed E-state index contributed by atoms with van der Waals surface area (Å²) in [7, 11) is 3.54. The molecule has 0 saturated carbocycles. The summed E-state index contributed by atoms with van der Waals surface area (Å²) in [5.41, 5.74) is 7.54. The van der Waals surface area contributed by atoms with E-state index in [0.29, 0.717) is 18.4 Å². The molecule has 3 aromatic rings. The van der Waals surface area contributed by atoms with E-state index in [4.69, 9.17) is 15.5 Å². The lowest BCUT2D eigenvalue weighted by molar-refractivity contribution is -0.146. The Morgan fingerprint density at radius 2 is 1.93 bits per heavy atom. The number of primary amides is 1. The normalized spacial score (nSPS) is 23.6. The number of benzene rings is 1. The van der Waals surface area contributed by atoms with Crippen molar-refractivity contribution in [2.75, 3.05) is 39.1 Å². The number of rotatable bonds is 5. The van der Waals surface area contributed by atoms with Gasteiger partial charge < -0.3 is 25.6 Å². The molecule has 4 heterocycles. The fourth-order valence-corrected chi connectivity index (χ4v) is 7.16. The van der Waals surface area contributed by atoms with Gasteiger partial charge in [-0.15, -0.1) is 11.3 Å².